The van der Waals surface area contributed by atoms with Gasteiger partial charge < -0.3 is 5.11 Å². The lowest BCUT2D eigenvalue weighted by molar-refractivity contribution is -0.477. The van der Waals surface area contributed by atoms with E-state index in [1.165, 1.54) is 5.56 Å². The van der Waals surface area contributed by atoms with Gasteiger partial charge in [-0.2, -0.15) is 0 Å². The van der Waals surface area contributed by atoms with Crippen molar-refractivity contribution in [1.82, 2.24) is 0 Å². The number of aliphatic hydroxyl groups excluding tert-OH is 1. The van der Waals surface area contributed by atoms with Crippen molar-refractivity contribution >= 4 is 21.8 Å². The molecule has 74 valence electrons. The number of halogens is 1. The second kappa shape index (κ2) is 4.13. The van der Waals surface area contributed by atoms with Crippen molar-refractivity contribution in [2.45, 2.75) is 18.8 Å². The standard InChI is InChI=1S/C11H12BrNO/c12-10-4-1-8(2-5-10)9-3-6-11(14)13-7-9/h1-2,4-5,9H,3,6-7H2,(H,13,14)/p+1/t9-/m1/s1. The maximum Gasteiger partial charge on any atom is 0.332 e. The van der Waals surface area contributed by atoms with Gasteiger partial charge in [0.25, 0.3) is 0 Å². The molecule has 0 unspecified atom stereocenters. The monoisotopic (exact) mass is 254 g/mol. The van der Waals surface area contributed by atoms with Gasteiger partial charge in [0.2, 0.25) is 0 Å². The summed E-state index contributed by atoms with van der Waals surface area (Å²) >= 11 is 3.42. The fraction of sp³-hybridized carbons (Fsp3) is 0.364. The Morgan fingerprint density at radius 1 is 1.29 bits per heavy atom. The molecule has 0 aromatic heterocycles. The highest BCUT2D eigenvalue weighted by Crippen LogP contribution is 2.22. The smallest absolute Gasteiger partial charge is 0.332 e. The van der Waals surface area contributed by atoms with E-state index in [9.17, 15) is 5.11 Å². The predicted octanol–water partition coefficient (Wildman–Crippen LogP) is 1.36. The van der Waals surface area contributed by atoms with Crippen LogP contribution in [0.2, 0.25) is 0 Å². The zero-order chi connectivity index (χ0) is 9.97. The van der Waals surface area contributed by atoms with Gasteiger partial charge in [0.15, 0.2) is 6.54 Å². The highest BCUT2D eigenvalue weighted by molar-refractivity contribution is 9.10. The van der Waals surface area contributed by atoms with Gasteiger partial charge in [-0.3, -0.25) is 0 Å². The molecular formula is C11H13BrNO+. The Morgan fingerprint density at radius 3 is 2.57 bits per heavy atom. The van der Waals surface area contributed by atoms with Gasteiger partial charge in [-0.15, -0.1) is 0 Å². The lowest BCUT2D eigenvalue weighted by Gasteiger charge is -2.14. The van der Waals surface area contributed by atoms with Crippen LogP contribution in [0.15, 0.2) is 28.7 Å². The Kier molecular flexibility index (Phi) is 2.87. The van der Waals surface area contributed by atoms with Crippen LogP contribution >= 0.6 is 15.9 Å². The van der Waals surface area contributed by atoms with Crippen molar-refractivity contribution in [2.24, 2.45) is 0 Å². The van der Waals surface area contributed by atoms with Crippen molar-refractivity contribution in [3.63, 3.8) is 0 Å². The fourth-order valence-electron chi connectivity index (χ4n) is 1.76. The summed E-state index contributed by atoms with van der Waals surface area (Å²) in [5.41, 5.74) is 1.34. The van der Waals surface area contributed by atoms with Gasteiger partial charge in [-0.25, -0.2) is 4.99 Å². The van der Waals surface area contributed by atoms with Crippen molar-refractivity contribution in [2.75, 3.05) is 6.54 Å². The molecule has 3 heteroatoms. The molecule has 2 nitrogen and oxygen atoms in total. The summed E-state index contributed by atoms with van der Waals surface area (Å²) in [4.78, 5) is 3.01. The summed E-state index contributed by atoms with van der Waals surface area (Å²) in [6.07, 6.45) is 1.79. The maximum atomic E-state index is 9.22. The van der Waals surface area contributed by atoms with E-state index in [2.05, 4.69) is 45.2 Å². The van der Waals surface area contributed by atoms with E-state index in [0.717, 1.165) is 23.9 Å². The maximum absolute atomic E-state index is 9.22. The summed E-state index contributed by atoms with van der Waals surface area (Å²) in [6, 6.07) is 8.40. The second-order valence-corrected chi connectivity index (χ2v) is 4.53. The third kappa shape index (κ3) is 2.15. The van der Waals surface area contributed by atoms with Crippen molar-refractivity contribution in [1.29, 1.82) is 0 Å². The molecule has 0 saturated heterocycles. The Balaban J connectivity index is 2.13. The van der Waals surface area contributed by atoms with Gasteiger partial charge in [0.05, 0.1) is 6.42 Å². The van der Waals surface area contributed by atoms with Gasteiger partial charge in [0.1, 0.15) is 0 Å². The molecule has 1 aliphatic rings. The van der Waals surface area contributed by atoms with E-state index in [1.807, 2.05) is 0 Å². The molecule has 0 fully saturated rings. The number of aliphatic hydroxyl groups is 1. The summed E-state index contributed by atoms with van der Waals surface area (Å²) in [5, 5.41) is 9.22. The van der Waals surface area contributed by atoms with Crippen LogP contribution < -0.4 is 4.99 Å². The molecule has 0 radical (unpaired) electrons. The minimum Gasteiger partial charge on any atom is -0.464 e. The van der Waals surface area contributed by atoms with Crippen LogP contribution in [0.3, 0.4) is 0 Å². The first-order chi connectivity index (χ1) is 6.75. The van der Waals surface area contributed by atoms with Crippen LogP contribution in [0, 0.1) is 0 Å². The largest absolute Gasteiger partial charge is 0.464 e. The van der Waals surface area contributed by atoms with E-state index >= 15 is 0 Å². The Labute approximate surface area is 91.8 Å². The van der Waals surface area contributed by atoms with E-state index in [0.29, 0.717) is 11.8 Å². The van der Waals surface area contributed by atoms with Crippen molar-refractivity contribution < 1.29 is 10.1 Å². The van der Waals surface area contributed by atoms with Crippen LogP contribution in [-0.4, -0.2) is 17.5 Å². The average molecular weight is 255 g/mol. The number of nitrogens with one attached hydrogen (secondary N) is 1. The molecule has 2 rings (SSSR count). The zero-order valence-corrected chi connectivity index (χ0v) is 9.42. The first-order valence-electron chi connectivity index (χ1n) is 4.80. The molecule has 0 aliphatic carbocycles. The molecule has 1 heterocycles. The zero-order valence-electron chi connectivity index (χ0n) is 7.83. The van der Waals surface area contributed by atoms with Gasteiger partial charge in [-0.05, 0) is 24.1 Å². The molecule has 1 atom stereocenters. The summed E-state index contributed by atoms with van der Waals surface area (Å²) in [5.74, 6) is 0.956. The molecular weight excluding hydrogens is 242 g/mol. The molecule has 14 heavy (non-hydrogen) atoms. The van der Waals surface area contributed by atoms with E-state index in [-0.39, 0.29) is 0 Å². The van der Waals surface area contributed by atoms with Gasteiger partial charge in [-0.1, -0.05) is 28.1 Å². The highest BCUT2D eigenvalue weighted by Gasteiger charge is 2.21. The second-order valence-electron chi connectivity index (χ2n) is 3.61. The third-order valence-electron chi connectivity index (χ3n) is 2.62. The minimum atomic E-state index is 0.429. The summed E-state index contributed by atoms with van der Waals surface area (Å²) in [6.45, 7) is 0.841. The molecule has 2 N–H and O–H groups in total. The minimum absolute atomic E-state index is 0.429. The first kappa shape index (κ1) is 9.71. The average Bonchev–Trinajstić information content (AvgIpc) is 2.21. The van der Waals surface area contributed by atoms with Crippen LogP contribution in [0.5, 0.6) is 0 Å². The molecule has 0 saturated carbocycles. The number of benzene rings is 1. The highest BCUT2D eigenvalue weighted by atomic mass is 79.9. The Hall–Kier alpha value is -0.830. The Morgan fingerprint density at radius 2 is 2.00 bits per heavy atom. The van der Waals surface area contributed by atoms with Crippen LogP contribution in [0.1, 0.15) is 24.3 Å². The molecule has 0 amide bonds. The molecule has 1 aromatic rings. The lowest BCUT2D eigenvalue weighted by Crippen LogP contribution is -2.76. The van der Waals surface area contributed by atoms with Crippen LogP contribution in [0.25, 0.3) is 0 Å². The quantitative estimate of drug-likeness (QED) is 0.780. The molecule has 1 aliphatic heterocycles. The van der Waals surface area contributed by atoms with Crippen molar-refractivity contribution in [3.8, 4) is 0 Å². The fourth-order valence-corrected chi connectivity index (χ4v) is 2.03. The van der Waals surface area contributed by atoms with E-state index in [1.54, 1.807) is 0 Å². The van der Waals surface area contributed by atoms with E-state index < -0.39 is 0 Å². The third-order valence-corrected chi connectivity index (χ3v) is 3.15. The van der Waals surface area contributed by atoms with Crippen molar-refractivity contribution in [3.05, 3.63) is 34.3 Å². The topological polar surface area (TPSA) is 34.2 Å². The van der Waals surface area contributed by atoms with E-state index in [4.69, 9.17) is 0 Å². The normalized spacial score (nSPS) is 21.8. The first-order valence-corrected chi connectivity index (χ1v) is 5.59. The lowest BCUT2D eigenvalue weighted by atomic mass is 9.93. The SMILES string of the molecule is OC1=[NH+]C[C@H](c2ccc(Br)cc2)CC1. The summed E-state index contributed by atoms with van der Waals surface area (Å²) in [7, 11) is 0. The molecule has 0 spiro atoms. The number of rotatable bonds is 1. The number of hydrogen-bond acceptors (Lipinski definition) is 0. The molecule has 0 bridgehead atoms. The van der Waals surface area contributed by atoms with Crippen LogP contribution in [0.4, 0.5) is 0 Å². The van der Waals surface area contributed by atoms with Gasteiger partial charge in [0, 0.05) is 10.4 Å². The summed E-state index contributed by atoms with van der Waals surface area (Å²) < 4.78 is 1.11. The van der Waals surface area contributed by atoms with Crippen LogP contribution in [-0.2, 0) is 0 Å². The molecule has 1 aromatic carbocycles. The van der Waals surface area contributed by atoms with Gasteiger partial charge >= 0.3 is 5.90 Å². The number of hydrogen-bond donors (Lipinski definition) is 2. The Bertz CT molecular complexity index is 345. The predicted molar refractivity (Wildman–Crippen MR) is 59.6 cm³/mol.